The van der Waals surface area contributed by atoms with E-state index in [0.717, 1.165) is 42.0 Å². The number of para-hydroxylation sites is 2. The maximum atomic E-state index is 13.8. The van der Waals surface area contributed by atoms with E-state index in [-0.39, 0.29) is 5.82 Å². The van der Waals surface area contributed by atoms with Gasteiger partial charge in [0, 0.05) is 6.42 Å². The van der Waals surface area contributed by atoms with Gasteiger partial charge in [-0.3, -0.25) is 0 Å². The highest BCUT2D eigenvalue weighted by Gasteiger charge is 2.09. The van der Waals surface area contributed by atoms with Crippen LogP contribution in [0.25, 0.3) is 22.4 Å². The van der Waals surface area contributed by atoms with Gasteiger partial charge in [-0.1, -0.05) is 24.3 Å². The number of hydrogen-bond acceptors (Lipinski definition) is 3. The summed E-state index contributed by atoms with van der Waals surface area (Å²) >= 11 is 0. The van der Waals surface area contributed by atoms with E-state index in [1.54, 1.807) is 18.2 Å². The molecule has 0 saturated carbocycles. The highest BCUT2D eigenvalue weighted by Crippen LogP contribution is 2.24. The minimum Gasteiger partial charge on any atom is -0.460 e. The van der Waals surface area contributed by atoms with E-state index in [4.69, 9.17) is 4.42 Å². The molecule has 2 N–H and O–H groups in total. The molecule has 4 nitrogen and oxygen atoms in total. The zero-order valence-corrected chi connectivity index (χ0v) is 14.3. The molecule has 0 aliphatic carbocycles. The summed E-state index contributed by atoms with van der Waals surface area (Å²) in [6, 6.07) is 18.4. The molecule has 0 unspecified atom stereocenters. The summed E-state index contributed by atoms with van der Waals surface area (Å²) in [6.45, 7) is 1.47. The largest absolute Gasteiger partial charge is 0.460 e. The van der Waals surface area contributed by atoms with Crippen molar-refractivity contribution in [3.8, 4) is 11.3 Å². The Labute approximate surface area is 151 Å². The van der Waals surface area contributed by atoms with Gasteiger partial charge in [-0.15, -0.1) is 0 Å². The van der Waals surface area contributed by atoms with Crippen LogP contribution in [0.15, 0.2) is 65.1 Å². The number of aryl methyl sites for hydroxylation is 1. The zero-order valence-electron chi connectivity index (χ0n) is 14.3. The molecule has 0 spiro atoms. The smallest absolute Gasteiger partial charge is 0.137 e. The predicted molar refractivity (Wildman–Crippen MR) is 100 cm³/mol. The van der Waals surface area contributed by atoms with E-state index < -0.39 is 0 Å². The van der Waals surface area contributed by atoms with Crippen molar-refractivity contribution >= 4 is 11.0 Å². The molecule has 0 aliphatic rings. The molecule has 5 heteroatoms. The molecule has 4 rings (SSSR count). The van der Waals surface area contributed by atoms with Gasteiger partial charge in [0.15, 0.2) is 0 Å². The first-order valence-electron chi connectivity index (χ1n) is 8.77. The average Bonchev–Trinajstić information content (AvgIpc) is 3.28. The molecule has 0 bridgehead atoms. The van der Waals surface area contributed by atoms with Crippen molar-refractivity contribution in [3.63, 3.8) is 0 Å². The van der Waals surface area contributed by atoms with E-state index >= 15 is 0 Å². The van der Waals surface area contributed by atoms with E-state index in [1.165, 1.54) is 6.07 Å². The van der Waals surface area contributed by atoms with Crippen molar-refractivity contribution in [2.45, 2.75) is 19.4 Å². The maximum Gasteiger partial charge on any atom is 0.137 e. The third-order valence-electron chi connectivity index (χ3n) is 4.31. The molecule has 0 fully saturated rings. The minimum atomic E-state index is -0.271. The number of nitrogens with zero attached hydrogens (tertiary/aromatic N) is 1. The number of imidazole rings is 1. The Bertz CT molecular complexity index is 972. The topological polar surface area (TPSA) is 53.9 Å². The number of nitrogens with one attached hydrogen (secondary N) is 2. The number of hydrogen-bond donors (Lipinski definition) is 2. The Morgan fingerprint density at radius 2 is 1.85 bits per heavy atom. The number of benzene rings is 2. The molecule has 2 aromatic heterocycles. The minimum absolute atomic E-state index is 0.271. The Balaban J connectivity index is 1.26. The van der Waals surface area contributed by atoms with Gasteiger partial charge >= 0.3 is 0 Å². The second kappa shape index (κ2) is 7.54. The molecule has 0 aliphatic heterocycles. The quantitative estimate of drug-likeness (QED) is 0.476. The van der Waals surface area contributed by atoms with Crippen LogP contribution in [0, 0.1) is 5.82 Å². The molecule has 0 saturated heterocycles. The molecule has 0 radical (unpaired) electrons. The fraction of sp³-hybridized carbons (Fsp3) is 0.190. The highest BCUT2D eigenvalue weighted by atomic mass is 19.1. The lowest BCUT2D eigenvalue weighted by Crippen LogP contribution is -2.15. The molecule has 132 valence electrons. The molecule has 4 aromatic rings. The lowest BCUT2D eigenvalue weighted by molar-refractivity contribution is 0.488. The van der Waals surface area contributed by atoms with E-state index in [2.05, 4.69) is 15.3 Å². The van der Waals surface area contributed by atoms with Gasteiger partial charge in [0.2, 0.25) is 0 Å². The van der Waals surface area contributed by atoms with Gasteiger partial charge in [-0.2, -0.15) is 0 Å². The normalized spacial score (nSPS) is 11.3. The first kappa shape index (κ1) is 16.5. The van der Waals surface area contributed by atoms with Gasteiger partial charge < -0.3 is 14.7 Å². The van der Waals surface area contributed by atoms with Crippen LogP contribution in [0.3, 0.4) is 0 Å². The Morgan fingerprint density at radius 1 is 1.00 bits per heavy atom. The SMILES string of the molecule is Fc1ccccc1-c1ccc(CNCCCc2nc3ccccc3[nH]2)o1. The van der Waals surface area contributed by atoms with Crippen molar-refractivity contribution < 1.29 is 8.81 Å². The molecule has 2 heterocycles. The van der Waals surface area contributed by atoms with Crippen LogP contribution >= 0.6 is 0 Å². The number of furan rings is 1. The van der Waals surface area contributed by atoms with Crippen molar-refractivity contribution in [1.82, 2.24) is 15.3 Å². The zero-order chi connectivity index (χ0) is 17.8. The van der Waals surface area contributed by atoms with Crippen LogP contribution in [-0.4, -0.2) is 16.5 Å². The number of aromatic nitrogens is 2. The molecule has 26 heavy (non-hydrogen) atoms. The van der Waals surface area contributed by atoms with E-state index in [0.29, 0.717) is 17.9 Å². The number of aromatic amines is 1. The number of halogens is 1. The van der Waals surface area contributed by atoms with Crippen LogP contribution < -0.4 is 5.32 Å². The van der Waals surface area contributed by atoms with Gasteiger partial charge in [0.05, 0.1) is 23.1 Å². The first-order valence-corrected chi connectivity index (χ1v) is 8.77. The lowest BCUT2D eigenvalue weighted by Gasteiger charge is -2.02. The van der Waals surface area contributed by atoms with Gasteiger partial charge in [-0.05, 0) is 49.4 Å². The van der Waals surface area contributed by atoms with Gasteiger partial charge in [0.1, 0.15) is 23.2 Å². The van der Waals surface area contributed by atoms with E-state index in [1.807, 2.05) is 36.4 Å². The molecular weight excluding hydrogens is 329 g/mol. The number of H-pyrrole nitrogens is 1. The first-order chi connectivity index (χ1) is 12.8. The van der Waals surface area contributed by atoms with Gasteiger partial charge in [0.25, 0.3) is 0 Å². The average molecular weight is 349 g/mol. The second-order valence-electron chi connectivity index (χ2n) is 6.23. The van der Waals surface area contributed by atoms with Gasteiger partial charge in [-0.25, -0.2) is 9.37 Å². The standard InChI is InChI=1S/C21H20FN3O/c22-17-7-2-1-6-16(17)20-12-11-15(26-20)14-23-13-5-10-21-24-18-8-3-4-9-19(18)25-21/h1-4,6-9,11-12,23H,5,10,13-14H2,(H,24,25). The Morgan fingerprint density at radius 3 is 2.73 bits per heavy atom. The summed E-state index contributed by atoms with van der Waals surface area (Å²) in [7, 11) is 0. The summed E-state index contributed by atoms with van der Waals surface area (Å²) in [5.41, 5.74) is 2.57. The molecule has 0 amide bonds. The predicted octanol–water partition coefficient (Wildman–Crippen LogP) is 4.68. The number of fused-ring (bicyclic) bond motifs is 1. The summed E-state index contributed by atoms with van der Waals surface area (Å²) in [6.07, 6.45) is 1.86. The summed E-state index contributed by atoms with van der Waals surface area (Å²) in [5.74, 6) is 2.09. The van der Waals surface area contributed by atoms with Crippen molar-refractivity contribution in [3.05, 3.63) is 78.1 Å². The third kappa shape index (κ3) is 3.68. The van der Waals surface area contributed by atoms with Crippen LogP contribution in [0.1, 0.15) is 18.0 Å². The van der Waals surface area contributed by atoms with Crippen molar-refractivity contribution in [2.75, 3.05) is 6.54 Å². The molecule has 2 aromatic carbocycles. The molecule has 0 atom stereocenters. The third-order valence-corrected chi connectivity index (χ3v) is 4.31. The van der Waals surface area contributed by atoms with Crippen LogP contribution in [0.2, 0.25) is 0 Å². The fourth-order valence-corrected chi connectivity index (χ4v) is 3.00. The monoisotopic (exact) mass is 349 g/mol. The fourth-order valence-electron chi connectivity index (χ4n) is 3.00. The van der Waals surface area contributed by atoms with Crippen LogP contribution in [0.5, 0.6) is 0 Å². The molecular formula is C21H20FN3O. The summed E-state index contributed by atoms with van der Waals surface area (Å²) < 4.78 is 19.5. The van der Waals surface area contributed by atoms with Crippen molar-refractivity contribution in [1.29, 1.82) is 0 Å². The number of rotatable bonds is 7. The Hall–Kier alpha value is -2.92. The summed E-state index contributed by atoms with van der Waals surface area (Å²) in [4.78, 5) is 7.91. The van der Waals surface area contributed by atoms with Crippen LogP contribution in [-0.2, 0) is 13.0 Å². The second-order valence-corrected chi connectivity index (χ2v) is 6.23. The maximum absolute atomic E-state index is 13.8. The van der Waals surface area contributed by atoms with Crippen molar-refractivity contribution in [2.24, 2.45) is 0 Å². The highest BCUT2D eigenvalue weighted by molar-refractivity contribution is 5.74. The summed E-state index contributed by atoms with van der Waals surface area (Å²) in [5, 5.41) is 3.36. The van der Waals surface area contributed by atoms with E-state index in [9.17, 15) is 4.39 Å². The lowest BCUT2D eigenvalue weighted by atomic mass is 10.1. The van der Waals surface area contributed by atoms with Crippen LogP contribution in [0.4, 0.5) is 4.39 Å². The Kier molecular flexibility index (Phi) is 4.80.